The van der Waals surface area contributed by atoms with Gasteiger partial charge in [-0.05, 0) is 0 Å². The van der Waals surface area contributed by atoms with Crippen LogP contribution in [0.15, 0.2) is 11.6 Å². The van der Waals surface area contributed by atoms with Crippen LogP contribution in [0.5, 0.6) is 0 Å². The minimum atomic E-state index is -1.62. The van der Waals surface area contributed by atoms with Crippen molar-refractivity contribution in [3.05, 3.63) is 11.6 Å². The van der Waals surface area contributed by atoms with Gasteiger partial charge >= 0.3 is 6.09 Å². The average molecular weight is 369 g/mol. The summed E-state index contributed by atoms with van der Waals surface area (Å²) < 4.78 is 9.84. The lowest BCUT2D eigenvalue weighted by Gasteiger charge is -2.17. The molecule has 1 rings (SSSR count). The van der Waals surface area contributed by atoms with Crippen LogP contribution in [0.3, 0.4) is 0 Å². The van der Waals surface area contributed by atoms with E-state index in [0.29, 0.717) is 0 Å². The van der Waals surface area contributed by atoms with Gasteiger partial charge in [0.25, 0.3) is 5.91 Å². The van der Waals surface area contributed by atoms with Crippen LogP contribution in [-0.4, -0.2) is 30.6 Å². The summed E-state index contributed by atoms with van der Waals surface area (Å²) in [6.07, 6.45) is 0.343. The van der Waals surface area contributed by atoms with E-state index in [-0.39, 0.29) is 5.88 Å². The molecule has 0 aromatic heterocycles. The molecule has 7 nitrogen and oxygen atoms in total. The molecule has 12 heteroatoms. The number of carbonyl (C=O) groups is 2. The van der Waals surface area contributed by atoms with Crippen LogP contribution in [0.1, 0.15) is 0 Å². The van der Waals surface area contributed by atoms with Gasteiger partial charge in [-0.2, -0.15) is 0 Å². The third-order valence-corrected chi connectivity index (χ3v) is 4.39. The highest BCUT2D eigenvalue weighted by molar-refractivity contribution is 8.04. The van der Waals surface area contributed by atoms with Crippen molar-refractivity contribution < 1.29 is 18.6 Å². The summed E-state index contributed by atoms with van der Waals surface area (Å²) in [5.41, 5.74) is 2.08. The lowest BCUT2D eigenvalue weighted by atomic mass is 10.6. The first-order valence-electron chi connectivity index (χ1n) is 4.57. The van der Waals surface area contributed by atoms with Crippen LogP contribution in [0.2, 0.25) is 0 Å². The fourth-order valence-electron chi connectivity index (χ4n) is 0.864. The van der Waals surface area contributed by atoms with Crippen LogP contribution in [0.25, 0.3) is 0 Å². The highest BCUT2D eigenvalue weighted by Crippen LogP contribution is 2.37. The van der Waals surface area contributed by atoms with Crippen LogP contribution in [0, 0.1) is 0 Å². The topological polar surface area (TPSA) is 96.5 Å². The summed E-state index contributed by atoms with van der Waals surface area (Å²) in [5, 5.41) is 4.63. The maximum atomic E-state index is 11.4. The molecule has 2 atom stereocenters. The first-order chi connectivity index (χ1) is 8.79. The van der Waals surface area contributed by atoms with E-state index in [0.717, 1.165) is 11.8 Å². The van der Waals surface area contributed by atoms with Crippen molar-refractivity contribution in [3.8, 4) is 0 Å². The number of halogens is 3. The first kappa shape index (κ1) is 16.9. The van der Waals surface area contributed by atoms with Crippen LogP contribution < -0.4 is 16.1 Å². The van der Waals surface area contributed by atoms with Crippen molar-refractivity contribution in [3.63, 3.8) is 0 Å². The van der Waals surface area contributed by atoms with Gasteiger partial charge in [-0.25, -0.2) is 4.79 Å². The molecule has 1 aliphatic rings. The molecule has 0 saturated heterocycles. The van der Waals surface area contributed by atoms with Gasteiger partial charge < -0.3 is 15.5 Å². The Labute approximate surface area is 130 Å². The first-order valence-corrected chi connectivity index (χ1v) is 7.96. The molecule has 0 bridgehead atoms. The zero-order valence-corrected chi connectivity index (χ0v) is 12.9. The number of nitrogens with one attached hydrogen (secondary N) is 3. The molecule has 0 spiro atoms. The van der Waals surface area contributed by atoms with E-state index in [1.54, 1.807) is 0 Å². The molecule has 0 aromatic rings. The van der Waals surface area contributed by atoms with Crippen molar-refractivity contribution in [2.75, 3.05) is 5.88 Å². The molecule has 0 radical (unpaired) electrons. The fourth-order valence-corrected chi connectivity index (χ4v) is 2.49. The number of rotatable bonds is 4. The Morgan fingerprint density at radius 3 is 2.84 bits per heavy atom. The Morgan fingerprint density at radius 1 is 1.58 bits per heavy atom. The van der Waals surface area contributed by atoms with E-state index >= 15 is 0 Å². The zero-order valence-electron chi connectivity index (χ0n) is 9.02. The third kappa shape index (κ3) is 6.68. The van der Waals surface area contributed by atoms with Crippen molar-refractivity contribution in [2.24, 2.45) is 0 Å². The van der Waals surface area contributed by atoms with Gasteiger partial charge in [-0.15, -0.1) is 5.48 Å². The van der Waals surface area contributed by atoms with E-state index in [1.165, 1.54) is 11.6 Å². The molecule has 1 aliphatic heterocycles. The van der Waals surface area contributed by atoms with Gasteiger partial charge in [0.05, 0.1) is 16.7 Å². The summed E-state index contributed by atoms with van der Waals surface area (Å²) in [7, 11) is -1.62. The number of hydrogen-bond donors (Lipinski definition) is 3. The largest absolute Gasteiger partial charge is 0.426 e. The monoisotopic (exact) mass is 367 g/mol. The molecule has 0 saturated carbocycles. The van der Waals surface area contributed by atoms with Gasteiger partial charge in [-0.3, -0.25) is 9.00 Å². The highest BCUT2D eigenvalue weighted by Gasteiger charge is 2.27. The average Bonchev–Trinajstić information content (AvgIpc) is 2.26. The minimum Gasteiger partial charge on any atom is -0.352 e. The van der Waals surface area contributed by atoms with Gasteiger partial charge in [0.1, 0.15) is 0 Å². The van der Waals surface area contributed by atoms with E-state index in [2.05, 4.69) is 21.0 Å². The second-order valence-electron chi connectivity index (χ2n) is 2.94. The van der Waals surface area contributed by atoms with Gasteiger partial charge in [0.2, 0.25) is 8.50 Å². The smallest absolute Gasteiger partial charge is 0.352 e. The predicted molar refractivity (Wildman–Crippen MR) is 74.7 cm³/mol. The summed E-state index contributed by atoms with van der Waals surface area (Å²) in [6, 6.07) is 0. The van der Waals surface area contributed by atoms with E-state index in [1.807, 2.05) is 0 Å². The standard InChI is InChI=1S/C7H8Cl3N3O4S2/c8-7(9,10)18-3-12-6(15)17-13-5-4(14)11-1-2-19(5)16/h1-2,5,13H,3H2,(H,11,14)(H,12,15). The van der Waals surface area contributed by atoms with Gasteiger partial charge in [-0.1, -0.05) is 46.6 Å². The SMILES string of the molecule is O=C(NCSC(Cl)(Cl)Cl)ONC1C(=O)NC=CS1=O. The summed E-state index contributed by atoms with van der Waals surface area (Å²) in [6.45, 7) is 0. The normalized spacial score (nSPS) is 22.8. The van der Waals surface area contributed by atoms with Crippen LogP contribution >= 0.6 is 46.6 Å². The van der Waals surface area contributed by atoms with Crippen molar-refractivity contribution in [1.82, 2.24) is 16.1 Å². The molecular weight excluding hydrogens is 361 g/mol. The van der Waals surface area contributed by atoms with E-state index in [4.69, 9.17) is 34.8 Å². The second kappa shape index (κ2) is 7.55. The maximum Gasteiger partial charge on any atom is 0.426 e. The number of carbonyl (C=O) groups excluding carboxylic acids is 2. The molecule has 108 valence electrons. The Morgan fingerprint density at radius 2 is 2.26 bits per heavy atom. The molecule has 0 aliphatic carbocycles. The third-order valence-electron chi connectivity index (χ3n) is 1.61. The molecule has 0 fully saturated rings. The van der Waals surface area contributed by atoms with Crippen LogP contribution in [0.4, 0.5) is 4.79 Å². The quantitative estimate of drug-likeness (QED) is 0.388. The number of hydrogen-bond acceptors (Lipinski definition) is 6. The van der Waals surface area contributed by atoms with Crippen molar-refractivity contribution in [2.45, 2.75) is 8.50 Å². The Balaban J connectivity index is 2.28. The molecule has 19 heavy (non-hydrogen) atoms. The van der Waals surface area contributed by atoms with Crippen LogP contribution in [-0.2, 0) is 20.4 Å². The Kier molecular flexibility index (Phi) is 6.71. The summed E-state index contributed by atoms with van der Waals surface area (Å²) in [5.74, 6) is -0.596. The minimum absolute atomic E-state index is 0.0170. The predicted octanol–water partition coefficient (Wildman–Crippen LogP) is 0.911. The highest BCUT2D eigenvalue weighted by atomic mass is 35.6. The molecule has 1 heterocycles. The number of amides is 2. The van der Waals surface area contributed by atoms with Crippen molar-refractivity contribution >= 4 is 69.4 Å². The summed E-state index contributed by atoms with van der Waals surface area (Å²) in [4.78, 5) is 27.0. The number of alkyl halides is 3. The lowest BCUT2D eigenvalue weighted by Crippen LogP contribution is -2.48. The summed E-state index contributed by atoms with van der Waals surface area (Å²) >= 11 is 17.1. The molecule has 0 aromatic carbocycles. The van der Waals surface area contributed by atoms with Gasteiger partial charge in [0.15, 0.2) is 0 Å². The molecule has 3 N–H and O–H groups in total. The number of thioether (sulfide) groups is 1. The second-order valence-corrected chi connectivity index (χ2v) is 8.48. The Hall–Kier alpha value is -0.190. The molecule has 2 amide bonds. The number of hydroxylamine groups is 1. The molecular formula is C7H8Cl3N3O4S2. The molecule has 2 unspecified atom stereocenters. The van der Waals surface area contributed by atoms with Gasteiger partial charge in [0, 0.05) is 11.6 Å². The fraction of sp³-hybridized carbons (Fsp3) is 0.429. The Bertz CT molecular complexity index is 415. The maximum absolute atomic E-state index is 11.4. The van der Waals surface area contributed by atoms with E-state index < -0.39 is 31.3 Å². The van der Waals surface area contributed by atoms with E-state index in [9.17, 15) is 13.8 Å². The van der Waals surface area contributed by atoms with Crippen molar-refractivity contribution in [1.29, 1.82) is 0 Å². The zero-order chi connectivity index (χ0) is 14.5. The lowest BCUT2D eigenvalue weighted by molar-refractivity contribution is -0.122.